The van der Waals surface area contributed by atoms with Crippen LogP contribution >= 0.6 is 0 Å². The van der Waals surface area contributed by atoms with Gasteiger partial charge in [0.25, 0.3) is 0 Å². The minimum Gasteiger partial charge on any atom is -0.494 e. The lowest BCUT2D eigenvalue weighted by atomic mass is 10.1. The van der Waals surface area contributed by atoms with Crippen molar-refractivity contribution >= 4 is 20.8 Å². The first-order valence-electron chi connectivity index (χ1n) is 9.48. The number of hydrogen-bond acceptors (Lipinski definition) is 6. The molecule has 0 spiro atoms. The van der Waals surface area contributed by atoms with Crippen molar-refractivity contribution in [1.29, 1.82) is 0 Å². The zero-order valence-corrected chi connectivity index (χ0v) is 17.5. The van der Waals surface area contributed by atoms with Gasteiger partial charge >= 0.3 is 0 Å². The van der Waals surface area contributed by atoms with Crippen LogP contribution in [0.25, 0.3) is 22.2 Å². The maximum atomic E-state index is 13.0. The summed E-state index contributed by atoms with van der Waals surface area (Å²) in [5.41, 5.74) is 0.758. The third-order valence-electron chi connectivity index (χ3n) is 4.68. The van der Waals surface area contributed by atoms with E-state index in [-0.39, 0.29) is 17.3 Å². The molecule has 4 aromatic rings. The largest absolute Gasteiger partial charge is 0.494 e. The Kier molecular flexibility index (Phi) is 5.52. The molecule has 1 heterocycles. The SMILES string of the molecule is CCOc1ccc(-c2noc(CN(C)S(=O)(=O)c3ccc4ccccc4c3)n2)cc1. The first-order valence-corrected chi connectivity index (χ1v) is 10.9. The number of hydrogen-bond donors (Lipinski definition) is 0. The van der Waals surface area contributed by atoms with E-state index in [2.05, 4.69) is 10.1 Å². The number of aromatic nitrogens is 2. The van der Waals surface area contributed by atoms with E-state index >= 15 is 0 Å². The summed E-state index contributed by atoms with van der Waals surface area (Å²) in [7, 11) is -2.22. The molecule has 0 radical (unpaired) electrons. The van der Waals surface area contributed by atoms with E-state index in [1.54, 1.807) is 18.2 Å². The monoisotopic (exact) mass is 423 g/mol. The van der Waals surface area contributed by atoms with Crippen LogP contribution in [0.1, 0.15) is 12.8 Å². The quantitative estimate of drug-likeness (QED) is 0.445. The molecule has 0 saturated carbocycles. The summed E-state index contributed by atoms with van der Waals surface area (Å²) in [6.07, 6.45) is 0. The highest BCUT2D eigenvalue weighted by Crippen LogP contribution is 2.23. The van der Waals surface area contributed by atoms with Crippen molar-refractivity contribution in [3.8, 4) is 17.1 Å². The van der Waals surface area contributed by atoms with Gasteiger partial charge in [0.05, 0.1) is 18.0 Å². The van der Waals surface area contributed by atoms with Crippen LogP contribution in [-0.2, 0) is 16.6 Å². The molecule has 30 heavy (non-hydrogen) atoms. The number of ether oxygens (including phenoxy) is 1. The summed E-state index contributed by atoms with van der Waals surface area (Å²) in [6.45, 7) is 2.48. The van der Waals surface area contributed by atoms with Gasteiger partial charge in [-0.15, -0.1) is 0 Å². The normalized spacial score (nSPS) is 11.8. The maximum Gasteiger partial charge on any atom is 0.243 e. The third-order valence-corrected chi connectivity index (χ3v) is 6.48. The Morgan fingerprint density at radius 2 is 1.73 bits per heavy atom. The molecule has 0 aliphatic carbocycles. The van der Waals surface area contributed by atoms with Crippen LogP contribution in [0.5, 0.6) is 5.75 Å². The Morgan fingerprint density at radius 3 is 2.47 bits per heavy atom. The standard InChI is InChI=1S/C22H21N3O4S/c1-3-28-19-11-8-17(9-12-19)22-23-21(29-24-22)15-25(2)30(26,27)20-13-10-16-6-4-5-7-18(16)14-20/h4-14H,3,15H2,1-2H3. The molecule has 0 atom stereocenters. The van der Waals surface area contributed by atoms with Crippen LogP contribution in [0.4, 0.5) is 0 Å². The second-order valence-electron chi connectivity index (χ2n) is 6.74. The van der Waals surface area contributed by atoms with Gasteiger partial charge in [0, 0.05) is 12.6 Å². The average Bonchev–Trinajstić information content (AvgIpc) is 3.22. The fourth-order valence-electron chi connectivity index (χ4n) is 3.09. The molecule has 0 aliphatic heterocycles. The Hall–Kier alpha value is -3.23. The van der Waals surface area contributed by atoms with E-state index in [9.17, 15) is 8.42 Å². The molecule has 0 unspecified atom stereocenters. The first-order chi connectivity index (χ1) is 14.5. The Balaban J connectivity index is 1.52. The molecule has 0 N–H and O–H groups in total. The van der Waals surface area contributed by atoms with Gasteiger partial charge in [0.15, 0.2) is 0 Å². The topological polar surface area (TPSA) is 85.5 Å². The first kappa shape index (κ1) is 20.1. The molecule has 0 bridgehead atoms. The lowest BCUT2D eigenvalue weighted by Crippen LogP contribution is -2.26. The fourth-order valence-corrected chi connectivity index (χ4v) is 4.24. The molecule has 4 rings (SSSR count). The van der Waals surface area contributed by atoms with Crippen molar-refractivity contribution in [2.45, 2.75) is 18.4 Å². The van der Waals surface area contributed by atoms with Crippen LogP contribution in [0.15, 0.2) is 76.1 Å². The number of benzene rings is 3. The highest BCUT2D eigenvalue weighted by atomic mass is 32.2. The molecule has 0 saturated heterocycles. The van der Waals surface area contributed by atoms with Crippen LogP contribution in [0.2, 0.25) is 0 Å². The van der Waals surface area contributed by atoms with Gasteiger partial charge in [-0.1, -0.05) is 35.5 Å². The number of fused-ring (bicyclic) bond motifs is 1. The lowest BCUT2D eigenvalue weighted by molar-refractivity contribution is 0.336. The van der Waals surface area contributed by atoms with Gasteiger partial charge in [-0.25, -0.2) is 8.42 Å². The highest BCUT2D eigenvalue weighted by molar-refractivity contribution is 7.89. The van der Waals surface area contributed by atoms with E-state index in [0.717, 1.165) is 22.1 Å². The van der Waals surface area contributed by atoms with Crippen molar-refractivity contribution in [2.24, 2.45) is 0 Å². The van der Waals surface area contributed by atoms with Gasteiger partial charge in [-0.05, 0) is 54.1 Å². The van der Waals surface area contributed by atoms with Gasteiger partial charge in [-0.2, -0.15) is 9.29 Å². The minimum atomic E-state index is -3.71. The van der Waals surface area contributed by atoms with Gasteiger partial charge < -0.3 is 9.26 Å². The molecule has 0 fully saturated rings. The Labute approximate surface area is 175 Å². The average molecular weight is 423 g/mol. The van der Waals surface area contributed by atoms with Crippen molar-refractivity contribution in [3.05, 3.63) is 72.6 Å². The third kappa shape index (κ3) is 4.05. The van der Waals surface area contributed by atoms with Crippen LogP contribution in [-0.4, -0.2) is 36.5 Å². The number of rotatable bonds is 7. The molecule has 0 amide bonds. The molecule has 0 aliphatic rings. The van der Waals surface area contributed by atoms with Crippen molar-refractivity contribution < 1.29 is 17.7 Å². The summed E-state index contributed by atoms with van der Waals surface area (Å²) in [5, 5.41) is 5.81. The number of sulfonamides is 1. The highest BCUT2D eigenvalue weighted by Gasteiger charge is 2.23. The molecular formula is C22H21N3O4S. The zero-order chi connectivity index (χ0) is 21.1. The molecule has 8 heteroatoms. The fraction of sp³-hybridized carbons (Fsp3) is 0.182. The molecule has 3 aromatic carbocycles. The van der Waals surface area contributed by atoms with Crippen molar-refractivity contribution in [1.82, 2.24) is 14.4 Å². The second kappa shape index (κ2) is 8.25. The molecule has 1 aromatic heterocycles. The van der Waals surface area contributed by atoms with Gasteiger partial charge in [0.2, 0.25) is 21.7 Å². The maximum absolute atomic E-state index is 13.0. The molecule has 154 valence electrons. The molecule has 7 nitrogen and oxygen atoms in total. The summed E-state index contributed by atoms with van der Waals surface area (Å²) in [6, 6.07) is 20.0. The summed E-state index contributed by atoms with van der Waals surface area (Å²) < 4.78 is 37.9. The van der Waals surface area contributed by atoms with Crippen molar-refractivity contribution in [2.75, 3.05) is 13.7 Å². The predicted octanol–water partition coefficient (Wildman–Crippen LogP) is 4.11. The van der Waals surface area contributed by atoms with Gasteiger partial charge in [0.1, 0.15) is 5.75 Å². The van der Waals surface area contributed by atoms with E-state index < -0.39 is 10.0 Å². The lowest BCUT2D eigenvalue weighted by Gasteiger charge is -2.15. The van der Waals surface area contributed by atoms with Crippen LogP contribution in [0, 0.1) is 0 Å². The van der Waals surface area contributed by atoms with E-state index in [1.165, 1.54) is 11.4 Å². The van der Waals surface area contributed by atoms with E-state index in [4.69, 9.17) is 9.26 Å². The molecular weight excluding hydrogens is 402 g/mol. The minimum absolute atomic E-state index is 0.0286. The van der Waals surface area contributed by atoms with Crippen LogP contribution in [0.3, 0.4) is 0 Å². The summed E-state index contributed by atoms with van der Waals surface area (Å²) >= 11 is 0. The van der Waals surface area contributed by atoms with Crippen molar-refractivity contribution in [3.63, 3.8) is 0 Å². The predicted molar refractivity (Wildman–Crippen MR) is 114 cm³/mol. The second-order valence-corrected chi connectivity index (χ2v) is 8.78. The summed E-state index contributed by atoms with van der Waals surface area (Å²) in [5.74, 6) is 1.36. The van der Waals surface area contributed by atoms with Gasteiger partial charge in [-0.3, -0.25) is 0 Å². The summed E-state index contributed by atoms with van der Waals surface area (Å²) in [4.78, 5) is 4.55. The smallest absolute Gasteiger partial charge is 0.243 e. The van der Waals surface area contributed by atoms with E-state index in [1.807, 2.05) is 55.5 Å². The van der Waals surface area contributed by atoms with Crippen LogP contribution < -0.4 is 4.74 Å². The Bertz CT molecular complexity index is 1270. The van der Waals surface area contributed by atoms with E-state index in [0.29, 0.717) is 12.4 Å². The number of nitrogens with zero attached hydrogens (tertiary/aromatic N) is 3. The Morgan fingerprint density at radius 1 is 1.00 bits per heavy atom. The zero-order valence-electron chi connectivity index (χ0n) is 16.6.